The van der Waals surface area contributed by atoms with E-state index in [1.165, 1.54) is 0 Å². The molecular formula is C26H29N5O. The zero-order valence-electron chi connectivity index (χ0n) is 19.0. The third-order valence-electron chi connectivity index (χ3n) is 5.00. The van der Waals surface area contributed by atoms with Crippen molar-refractivity contribution in [3.63, 3.8) is 0 Å². The van der Waals surface area contributed by atoms with E-state index >= 15 is 0 Å². The summed E-state index contributed by atoms with van der Waals surface area (Å²) in [7, 11) is 1.67. The number of methoxy groups -OCH3 is 1. The summed E-state index contributed by atoms with van der Waals surface area (Å²) in [6, 6.07) is 19.9. The number of aromatic nitrogens is 3. The normalized spacial score (nSPS) is 11.4. The number of benzene rings is 2. The van der Waals surface area contributed by atoms with Gasteiger partial charge in [0, 0.05) is 34.7 Å². The quantitative estimate of drug-likeness (QED) is 0.400. The number of ether oxygens (including phenoxy) is 1. The van der Waals surface area contributed by atoms with Crippen molar-refractivity contribution in [3.05, 3.63) is 78.6 Å². The van der Waals surface area contributed by atoms with Crippen LogP contribution in [-0.4, -0.2) is 27.4 Å². The van der Waals surface area contributed by atoms with Crippen LogP contribution in [0.1, 0.15) is 26.3 Å². The molecule has 6 heteroatoms. The lowest BCUT2D eigenvalue weighted by atomic mass is 10.0. The minimum absolute atomic E-state index is 0.0825. The molecule has 3 N–H and O–H groups in total. The van der Waals surface area contributed by atoms with Gasteiger partial charge in [-0.3, -0.25) is 4.68 Å². The second-order valence-electron chi connectivity index (χ2n) is 8.87. The Morgan fingerprint density at radius 1 is 1.00 bits per heavy atom. The summed E-state index contributed by atoms with van der Waals surface area (Å²) in [5.74, 6) is 1.67. The van der Waals surface area contributed by atoms with Gasteiger partial charge in [0.05, 0.1) is 13.7 Å². The molecular weight excluding hydrogens is 398 g/mol. The van der Waals surface area contributed by atoms with Gasteiger partial charge in [0.15, 0.2) is 0 Å². The first-order valence-electron chi connectivity index (χ1n) is 10.6. The molecule has 0 aliphatic carbocycles. The Bertz CT molecular complexity index is 1210. The number of nitrogens with two attached hydrogens (primary N) is 1. The average molecular weight is 428 g/mol. The Morgan fingerprint density at radius 2 is 1.78 bits per heavy atom. The summed E-state index contributed by atoms with van der Waals surface area (Å²) in [4.78, 5) is 4.49. The number of nitrogens with one attached hydrogen (secondary N) is 1. The largest absolute Gasteiger partial charge is 0.497 e. The lowest BCUT2D eigenvalue weighted by Crippen LogP contribution is -2.26. The molecule has 0 aliphatic heterocycles. The smallest absolute Gasteiger partial charge is 0.126 e. The molecule has 0 bridgehead atoms. The van der Waals surface area contributed by atoms with Gasteiger partial charge >= 0.3 is 0 Å². The highest BCUT2D eigenvalue weighted by Crippen LogP contribution is 2.33. The van der Waals surface area contributed by atoms with E-state index in [2.05, 4.69) is 55.5 Å². The van der Waals surface area contributed by atoms with Crippen LogP contribution in [0.5, 0.6) is 5.75 Å². The highest BCUT2D eigenvalue weighted by Gasteiger charge is 2.16. The fourth-order valence-electron chi connectivity index (χ4n) is 3.58. The Labute approximate surface area is 189 Å². The van der Waals surface area contributed by atoms with Crippen LogP contribution in [0.25, 0.3) is 22.4 Å². The van der Waals surface area contributed by atoms with Gasteiger partial charge in [-0.05, 0) is 68.3 Å². The number of pyridine rings is 1. The lowest BCUT2D eigenvalue weighted by molar-refractivity contribution is 0.414. The zero-order valence-corrected chi connectivity index (χ0v) is 19.0. The van der Waals surface area contributed by atoms with E-state index in [4.69, 9.17) is 15.6 Å². The van der Waals surface area contributed by atoms with E-state index < -0.39 is 0 Å². The molecule has 4 rings (SSSR count). The Balaban J connectivity index is 1.75. The number of rotatable bonds is 6. The predicted octanol–water partition coefficient (Wildman–Crippen LogP) is 5.46. The summed E-state index contributed by atoms with van der Waals surface area (Å²) in [5.41, 5.74) is 11.8. The van der Waals surface area contributed by atoms with E-state index in [1.54, 1.807) is 7.11 Å². The third-order valence-corrected chi connectivity index (χ3v) is 5.00. The summed E-state index contributed by atoms with van der Waals surface area (Å²) in [6.45, 7) is 7.00. The van der Waals surface area contributed by atoms with Crippen molar-refractivity contribution in [2.24, 2.45) is 0 Å². The Kier molecular flexibility index (Phi) is 5.86. The number of hydrogen-bond donors (Lipinski definition) is 2. The molecule has 0 aliphatic rings. The van der Waals surface area contributed by atoms with Crippen LogP contribution in [0, 0.1) is 0 Å². The molecule has 2 aromatic heterocycles. The number of nitrogens with zero attached hydrogens (tertiary/aromatic N) is 3. The van der Waals surface area contributed by atoms with Gasteiger partial charge < -0.3 is 15.8 Å². The maximum absolute atomic E-state index is 6.07. The molecule has 6 nitrogen and oxygen atoms in total. The molecule has 0 saturated carbocycles. The molecule has 2 heterocycles. The molecule has 0 fully saturated rings. The molecule has 0 unspecified atom stereocenters. The molecule has 0 saturated heterocycles. The highest BCUT2D eigenvalue weighted by atomic mass is 16.5. The standard InChI is InChI=1S/C26H29N5O/c1-26(2,3)29-24-15-19(12-13-28-24)23-17-31(16-18-8-10-22(32-4)11-9-18)30-25(23)20-6-5-7-21(27)14-20/h5-15,17H,16,27H2,1-4H3,(H,28,29). The maximum atomic E-state index is 6.07. The van der Waals surface area contributed by atoms with E-state index in [9.17, 15) is 0 Å². The first-order valence-corrected chi connectivity index (χ1v) is 10.6. The van der Waals surface area contributed by atoms with Crippen LogP contribution in [0.2, 0.25) is 0 Å². The van der Waals surface area contributed by atoms with Gasteiger partial charge in [-0.25, -0.2) is 4.98 Å². The van der Waals surface area contributed by atoms with Crippen LogP contribution in [0.3, 0.4) is 0 Å². The van der Waals surface area contributed by atoms with E-state index in [-0.39, 0.29) is 5.54 Å². The molecule has 0 atom stereocenters. The first kappa shape index (κ1) is 21.4. The second kappa shape index (κ2) is 8.75. The van der Waals surface area contributed by atoms with E-state index in [0.717, 1.165) is 39.5 Å². The number of nitrogen functional groups attached to an aromatic ring is 1. The van der Waals surface area contributed by atoms with Crippen LogP contribution in [0.4, 0.5) is 11.5 Å². The molecule has 32 heavy (non-hydrogen) atoms. The van der Waals surface area contributed by atoms with Gasteiger partial charge in [-0.15, -0.1) is 0 Å². The van der Waals surface area contributed by atoms with Crippen LogP contribution < -0.4 is 15.8 Å². The van der Waals surface area contributed by atoms with Gasteiger partial charge in [0.1, 0.15) is 17.3 Å². The second-order valence-corrected chi connectivity index (χ2v) is 8.87. The molecule has 0 spiro atoms. The van der Waals surface area contributed by atoms with E-state index in [0.29, 0.717) is 12.2 Å². The van der Waals surface area contributed by atoms with Crippen LogP contribution in [0.15, 0.2) is 73.1 Å². The Hall–Kier alpha value is -3.80. The summed E-state index contributed by atoms with van der Waals surface area (Å²) < 4.78 is 7.23. The molecule has 0 radical (unpaired) electrons. The van der Waals surface area contributed by atoms with Gasteiger partial charge in [-0.2, -0.15) is 5.10 Å². The van der Waals surface area contributed by atoms with Crippen molar-refractivity contribution in [1.82, 2.24) is 14.8 Å². The van der Waals surface area contributed by atoms with Crippen molar-refractivity contribution >= 4 is 11.5 Å². The van der Waals surface area contributed by atoms with Gasteiger partial charge in [0.25, 0.3) is 0 Å². The SMILES string of the molecule is COc1ccc(Cn2cc(-c3ccnc(NC(C)(C)C)c3)c(-c3cccc(N)c3)n2)cc1. The van der Waals surface area contributed by atoms with Gasteiger partial charge in [0.2, 0.25) is 0 Å². The summed E-state index contributed by atoms with van der Waals surface area (Å²) in [6.07, 6.45) is 3.91. The molecule has 164 valence electrons. The number of anilines is 2. The van der Waals surface area contributed by atoms with Crippen molar-refractivity contribution in [3.8, 4) is 28.1 Å². The van der Waals surface area contributed by atoms with Gasteiger partial charge in [-0.1, -0.05) is 24.3 Å². The molecule has 2 aromatic carbocycles. The summed E-state index contributed by atoms with van der Waals surface area (Å²) >= 11 is 0. The fourth-order valence-corrected chi connectivity index (χ4v) is 3.58. The van der Waals surface area contributed by atoms with Crippen molar-refractivity contribution < 1.29 is 4.74 Å². The topological polar surface area (TPSA) is 78.0 Å². The van der Waals surface area contributed by atoms with Crippen molar-refractivity contribution in [2.75, 3.05) is 18.2 Å². The monoisotopic (exact) mass is 427 g/mol. The zero-order chi connectivity index (χ0) is 22.7. The molecule has 4 aromatic rings. The van der Waals surface area contributed by atoms with E-state index in [1.807, 2.05) is 53.3 Å². The minimum Gasteiger partial charge on any atom is -0.497 e. The van der Waals surface area contributed by atoms with Crippen LogP contribution in [-0.2, 0) is 6.54 Å². The maximum Gasteiger partial charge on any atom is 0.126 e. The lowest BCUT2D eigenvalue weighted by Gasteiger charge is -2.21. The Morgan fingerprint density at radius 3 is 2.47 bits per heavy atom. The third kappa shape index (κ3) is 5.09. The highest BCUT2D eigenvalue weighted by molar-refractivity contribution is 5.82. The van der Waals surface area contributed by atoms with Crippen LogP contribution >= 0.6 is 0 Å². The minimum atomic E-state index is -0.0825. The summed E-state index contributed by atoms with van der Waals surface area (Å²) in [5, 5.41) is 8.38. The van der Waals surface area contributed by atoms with Crippen molar-refractivity contribution in [2.45, 2.75) is 32.9 Å². The first-order chi connectivity index (χ1) is 15.3. The number of hydrogen-bond acceptors (Lipinski definition) is 5. The fraction of sp³-hybridized carbons (Fsp3) is 0.231. The predicted molar refractivity (Wildman–Crippen MR) is 131 cm³/mol. The average Bonchev–Trinajstić information content (AvgIpc) is 3.17. The van der Waals surface area contributed by atoms with Crippen molar-refractivity contribution in [1.29, 1.82) is 0 Å². The molecule has 0 amide bonds.